The van der Waals surface area contributed by atoms with Crippen molar-refractivity contribution in [3.05, 3.63) is 14.8 Å². The van der Waals surface area contributed by atoms with Crippen LogP contribution < -0.4 is 0 Å². The Labute approximate surface area is 64.4 Å². The Morgan fingerprint density at radius 3 is 3.22 bits per heavy atom. The minimum Gasteiger partial charge on any atom is -0.201 e. The summed E-state index contributed by atoms with van der Waals surface area (Å²) in [5, 5.41) is 6.03. The maximum atomic E-state index is 4.97. The highest BCUT2D eigenvalue weighted by molar-refractivity contribution is 7.73. The first-order chi connectivity index (χ1) is 4.38. The number of aromatic nitrogens is 2. The van der Waals surface area contributed by atoms with E-state index in [-0.39, 0.29) is 0 Å². The second kappa shape index (κ2) is 1.86. The standard InChI is InChI=1S/C4H2N2S3/c7-4-6-3(1-8-4)9-2-5-6/h1-2H. The van der Waals surface area contributed by atoms with Crippen LogP contribution in [0.15, 0.2) is 10.9 Å². The molecule has 0 saturated heterocycles. The number of rotatable bonds is 0. The molecular weight excluding hydrogens is 172 g/mol. The molecule has 2 aromatic heterocycles. The lowest BCUT2D eigenvalue weighted by atomic mass is 11.0. The van der Waals surface area contributed by atoms with E-state index in [9.17, 15) is 0 Å². The van der Waals surface area contributed by atoms with E-state index in [0.29, 0.717) is 0 Å². The molecule has 9 heavy (non-hydrogen) atoms. The van der Waals surface area contributed by atoms with Crippen LogP contribution in [0.2, 0.25) is 0 Å². The highest BCUT2D eigenvalue weighted by atomic mass is 32.1. The van der Waals surface area contributed by atoms with E-state index in [0.717, 1.165) is 8.78 Å². The van der Waals surface area contributed by atoms with Gasteiger partial charge >= 0.3 is 0 Å². The fourth-order valence-electron chi connectivity index (χ4n) is 0.597. The Morgan fingerprint density at radius 2 is 2.44 bits per heavy atom. The third-order valence-corrected chi connectivity index (χ3v) is 3.04. The summed E-state index contributed by atoms with van der Waals surface area (Å²) in [6, 6.07) is 0. The molecule has 0 saturated carbocycles. The predicted octanol–water partition coefficient (Wildman–Crippen LogP) is 2.19. The molecule has 0 aromatic carbocycles. The normalized spacial score (nSPS) is 10.7. The fraction of sp³-hybridized carbons (Fsp3) is 0. The Bertz CT molecular complexity index is 368. The molecule has 0 bridgehead atoms. The van der Waals surface area contributed by atoms with Gasteiger partial charge in [0.1, 0.15) is 10.3 Å². The molecule has 0 amide bonds. The molecule has 2 nitrogen and oxygen atoms in total. The van der Waals surface area contributed by atoms with E-state index in [2.05, 4.69) is 5.10 Å². The number of hydrogen-bond donors (Lipinski definition) is 0. The number of hydrogen-bond acceptors (Lipinski definition) is 4. The Kier molecular flexibility index (Phi) is 1.14. The smallest absolute Gasteiger partial charge is 0.183 e. The van der Waals surface area contributed by atoms with Gasteiger partial charge in [0.25, 0.3) is 0 Å². The quantitative estimate of drug-likeness (QED) is 0.570. The van der Waals surface area contributed by atoms with Crippen molar-refractivity contribution in [3.63, 3.8) is 0 Å². The van der Waals surface area contributed by atoms with Crippen LogP contribution in [-0.2, 0) is 0 Å². The second-order valence-electron chi connectivity index (χ2n) is 1.49. The van der Waals surface area contributed by atoms with Crippen molar-refractivity contribution in [3.8, 4) is 0 Å². The van der Waals surface area contributed by atoms with Gasteiger partial charge in [-0.15, -0.1) is 22.7 Å². The molecule has 0 aliphatic heterocycles. The summed E-state index contributed by atoms with van der Waals surface area (Å²) >= 11 is 8.12. The van der Waals surface area contributed by atoms with E-state index in [1.807, 2.05) is 5.38 Å². The van der Waals surface area contributed by atoms with Gasteiger partial charge in [-0.3, -0.25) is 0 Å². The van der Waals surface area contributed by atoms with Gasteiger partial charge in [-0.2, -0.15) is 5.10 Å². The van der Waals surface area contributed by atoms with Crippen LogP contribution in [0, 0.1) is 3.95 Å². The molecule has 46 valence electrons. The molecule has 2 aromatic rings. The Morgan fingerprint density at radius 1 is 1.56 bits per heavy atom. The summed E-state index contributed by atoms with van der Waals surface area (Å²) in [5.41, 5.74) is 1.79. The minimum absolute atomic E-state index is 0.825. The molecule has 2 rings (SSSR count). The summed E-state index contributed by atoms with van der Waals surface area (Å²) in [4.78, 5) is 1.13. The molecule has 2 heterocycles. The summed E-state index contributed by atoms with van der Waals surface area (Å²) in [6.07, 6.45) is 0. The number of fused-ring (bicyclic) bond motifs is 1. The van der Waals surface area contributed by atoms with Gasteiger partial charge in [0.05, 0.1) is 0 Å². The minimum atomic E-state index is 0.825. The fourth-order valence-corrected chi connectivity index (χ4v) is 2.40. The van der Waals surface area contributed by atoms with Crippen molar-refractivity contribution in [2.24, 2.45) is 0 Å². The molecule has 0 fully saturated rings. The Hall–Kier alpha value is -0.260. The van der Waals surface area contributed by atoms with Crippen molar-refractivity contribution in [1.82, 2.24) is 9.61 Å². The van der Waals surface area contributed by atoms with Gasteiger partial charge in [-0.1, -0.05) is 0 Å². The van der Waals surface area contributed by atoms with Gasteiger partial charge in [0.2, 0.25) is 0 Å². The van der Waals surface area contributed by atoms with Crippen molar-refractivity contribution < 1.29 is 0 Å². The molecule has 0 unspecified atom stereocenters. The largest absolute Gasteiger partial charge is 0.201 e. The van der Waals surface area contributed by atoms with Crippen LogP contribution in [-0.4, -0.2) is 9.61 Å². The lowest BCUT2D eigenvalue weighted by Gasteiger charge is -1.72. The number of thiazole rings is 1. The summed E-state index contributed by atoms with van der Waals surface area (Å²) in [5.74, 6) is 0. The topological polar surface area (TPSA) is 17.3 Å². The first-order valence-electron chi connectivity index (χ1n) is 2.28. The third kappa shape index (κ3) is 0.726. The van der Waals surface area contributed by atoms with Crippen LogP contribution in [0.5, 0.6) is 0 Å². The first-order valence-corrected chi connectivity index (χ1v) is 4.45. The lowest BCUT2D eigenvalue weighted by molar-refractivity contribution is 0.972. The van der Waals surface area contributed by atoms with Gasteiger partial charge in [-0.05, 0) is 12.2 Å². The summed E-state index contributed by atoms with van der Waals surface area (Å²) in [7, 11) is 0. The molecule has 0 N–H and O–H groups in total. The van der Waals surface area contributed by atoms with Crippen LogP contribution >= 0.6 is 34.9 Å². The molecule has 5 heteroatoms. The SMILES string of the molecule is S=c1scc2scnn12. The van der Waals surface area contributed by atoms with Gasteiger partial charge in [0, 0.05) is 5.38 Å². The highest BCUT2D eigenvalue weighted by Crippen LogP contribution is 2.14. The van der Waals surface area contributed by atoms with Gasteiger partial charge < -0.3 is 0 Å². The molecule has 0 aliphatic carbocycles. The molecule has 0 aliphatic rings. The second-order valence-corrected chi connectivity index (χ2v) is 3.86. The Balaban J connectivity index is 3.17. The van der Waals surface area contributed by atoms with Crippen LogP contribution in [0.1, 0.15) is 0 Å². The van der Waals surface area contributed by atoms with E-state index in [4.69, 9.17) is 12.2 Å². The van der Waals surface area contributed by atoms with Crippen LogP contribution in [0.4, 0.5) is 0 Å². The molecule has 0 atom stereocenters. The van der Waals surface area contributed by atoms with Crippen LogP contribution in [0.25, 0.3) is 4.83 Å². The predicted molar refractivity (Wildman–Crippen MR) is 41.8 cm³/mol. The summed E-state index contributed by atoms with van der Waals surface area (Å²) in [6.45, 7) is 0. The third-order valence-electron chi connectivity index (χ3n) is 0.978. The lowest BCUT2D eigenvalue weighted by Crippen LogP contribution is -1.77. The summed E-state index contributed by atoms with van der Waals surface area (Å²) < 4.78 is 2.59. The zero-order valence-corrected chi connectivity index (χ0v) is 6.72. The monoisotopic (exact) mass is 174 g/mol. The molecular formula is C4H2N2S3. The average molecular weight is 174 g/mol. The van der Waals surface area contributed by atoms with Gasteiger partial charge in [-0.25, -0.2) is 4.52 Å². The van der Waals surface area contributed by atoms with E-state index >= 15 is 0 Å². The van der Waals surface area contributed by atoms with Crippen molar-refractivity contribution in [2.45, 2.75) is 0 Å². The van der Waals surface area contributed by atoms with Crippen molar-refractivity contribution in [2.75, 3.05) is 0 Å². The van der Waals surface area contributed by atoms with E-state index < -0.39 is 0 Å². The maximum Gasteiger partial charge on any atom is 0.183 e. The van der Waals surface area contributed by atoms with Crippen molar-refractivity contribution in [1.29, 1.82) is 0 Å². The van der Waals surface area contributed by atoms with Gasteiger partial charge in [0.15, 0.2) is 3.95 Å². The van der Waals surface area contributed by atoms with E-state index in [1.54, 1.807) is 32.7 Å². The maximum absolute atomic E-state index is 4.97. The molecule has 0 radical (unpaired) electrons. The average Bonchev–Trinajstić information content (AvgIpc) is 2.35. The van der Waals surface area contributed by atoms with E-state index in [1.165, 1.54) is 0 Å². The zero-order valence-electron chi connectivity index (χ0n) is 4.27. The molecule has 0 spiro atoms. The van der Waals surface area contributed by atoms with Crippen LogP contribution in [0.3, 0.4) is 0 Å². The number of nitrogens with zero attached hydrogens (tertiary/aromatic N) is 2. The first kappa shape index (κ1) is 5.52. The zero-order chi connectivity index (χ0) is 6.27. The highest BCUT2D eigenvalue weighted by Gasteiger charge is 1.94. The van der Waals surface area contributed by atoms with Crippen molar-refractivity contribution >= 4 is 39.7 Å².